The van der Waals surface area contributed by atoms with Crippen LogP contribution in [0, 0.1) is 17.0 Å². The van der Waals surface area contributed by atoms with Gasteiger partial charge >= 0.3 is 0 Å². The van der Waals surface area contributed by atoms with Crippen molar-refractivity contribution in [1.29, 1.82) is 0 Å². The fourth-order valence-corrected chi connectivity index (χ4v) is 3.92. The maximum Gasteiger partial charge on any atom is 0.269 e. The molecule has 1 aromatic heterocycles. The van der Waals surface area contributed by atoms with E-state index < -0.39 is 4.92 Å². The van der Waals surface area contributed by atoms with E-state index in [4.69, 9.17) is 4.42 Å². The minimum atomic E-state index is -0.462. The van der Waals surface area contributed by atoms with Crippen LogP contribution in [0.1, 0.15) is 22.5 Å². The van der Waals surface area contributed by atoms with Crippen molar-refractivity contribution >= 4 is 40.8 Å². The van der Waals surface area contributed by atoms with Crippen LogP contribution in [0.3, 0.4) is 0 Å². The van der Waals surface area contributed by atoms with Gasteiger partial charge in [0.25, 0.3) is 11.6 Å². The Labute approximate surface area is 188 Å². The lowest BCUT2D eigenvalue weighted by molar-refractivity contribution is -0.384. The van der Waals surface area contributed by atoms with E-state index in [2.05, 4.69) is 10.2 Å². The van der Waals surface area contributed by atoms with Crippen LogP contribution in [0.5, 0.6) is 0 Å². The zero-order valence-corrected chi connectivity index (χ0v) is 17.9. The molecule has 1 fully saturated rings. The normalized spacial score (nSPS) is 16.5. The third-order valence-corrected chi connectivity index (χ3v) is 5.71. The number of aryl methyl sites for hydroxylation is 1. The lowest BCUT2D eigenvalue weighted by Gasteiger charge is -2.12. The Morgan fingerprint density at radius 1 is 1.12 bits per heavy atom. The molecule has 3 aromatic rings. The number of benzene rings is 2. The van der Waals surface area contributed by atoms with Crippen molar-refractivity contribution in [3.8, 4) is 0 Å². The summed E-state index contributed by atoms with van der Waals surface area (Å²) in [6.45, 7) is 2.22. The Hall–Kier alpha value is -3.98. The molecule has 0 atom stereocenters. The predicted molar refractivity (Wildman–Crippen MR) is 124 cm³/mol. The molecule has 160 valence electrons. The SMILES string of the molecule is Cc1ccccc1/C=C1\S/C(=N\N=C\c2ccc([N+](=O)[O-])cc2)N(Cc2ccco2)C1=O. The second-order valence-corrected chi connectivity index (χ2v) is 7.92. The van der Waals surface area contributed by atoms with Crippen LogP contribution in [0.2, 0.25) is 0 Å². The maximum atomic E-state index is 13.1. The van der Waals surface area contributed by atoms with E-state index in [0.717, 1.165) is 11.1 Å². The molecule has 8 nitrogen and oxygen atoms in total. The number of hydrogen-bond donors (Lipinski definition) is 0. The van der Waals surface area contributed by atoms with E-state index in [-0.39, 0.29) is 18.1 Å². The van der Waals surface area contributed by atoms with Gasteiger partial charge in [0.15, 0.2) is 5.17 Å². The van der Waals surface area contributed by atoms with E-state index in [9.17, 15) is 14.9 Å². The van der Waals surface area contributed by atoms with Gasteiger partial charge in [0.1, 0.15) is 5.76 Å². The number of carbonyl (C=O) groups is 1. The van der Waals surface area contributed by atoms with Crippen molar-refractivity contribution in [2.24, 2.45) is 10.2 Å². The topological polar surface area (TPSA) is 101 Å². The predicted octanol–water partition coefficient (Wildman–Crippen LogP) is 5.00. The number of non-ortho nitro benzene ring substituents is 1. The van der Waals surface area contributed by atoms with Crippen LogP contribution in [-0.2, 0) is 11.3 Å². The number of amidine groups is 1. The summed E-state index contributed by atoms with van der Waals surface area (Å²) in [4.78, 5) is 25.5. The lowest BCUT2D eigenvalue weighted by atomic mass is 10.1. The molecule has 1 aliphatic rings. The summed E-state index contributed by atoms with van der Waals surface area (Å²) in [7, 11) is 0. The minimum absolute atomic E-state index is 0.000941. The van der Waals surface area contributed by atoms with Gasteiger partial charge in [0.05, 0.1) is 28.9 Å². The first-order valence-corrected chi connectivity index (χ1v) is 10.5. The van der Waals surface area contributed by atoms with E-state index in [1.54, 1.807) is 30.5 Å². The molecule has 0 spiro atoms. The smallest absolute Gasteiger partial charge is 0.269 e. The lowest BCUT2D eigenvalue weighted by Crippen LogP contribution is -2.28. The highest BCUT2D eigenvalue weighted by Crippen LogP contribution is 2.34. The van der Waals surface area contributed by atoms with Crippen LogP contribution in [0.15, 0.2) is 86.5 Å². The summed E-state index contributed by atoms with van der Waals surface area (Å²) in [6.07, 6.45) is 4.88. The first kappa shape index (κ1) is 21.3. The molecule has 0 bridgehead atoms. The van der Waals surface area contributed by atoms with Crippen LogP contribution in [0.4, 0.5) is 5.69 Å². The van der Waals surface area contributed by atoms with Crippen molar-refractivity contribution in [1.82, 2.24) is 4.90 Å². The molecule has 0 radical (unpaired) electrons. The largest absolute Gasteiger partial charge is 0.467 e. The molecular weight excluding hydrogens is 428 g/mol. The zero-order chi connectivity index (χ0) is 22.5. The number of nitro groups is 1. The van der Waals surface area contributed by atoms with E-state index in [1.807, 2.05) is 37.3 Å². The second kappa shape index (κ2) is 9.44. The molecule has 0 N–H and O–H groups in total. The average Bonchev–Trinajstić information content (AvgIpc) is 3.40. The van der Waals surface area contributed by atoms with Gasteiger partial charge in [-0.3, -0.25) is 19.8 Å². The molecule has 2 heterocycles. The molecule has 1 amide bonds. The average molecular weight is 446 g/mol. The molecule has 9 heteroatoms. The summed E-state index contributed by atoms with van der Waals surface area (Å²) in [6, 6.07) is 17.3. The summed E-state index contributed by atoms with van der Waals surface area (Å²) >= 11 is 1.24. The fraction of sp³-hybridized carbons (Fsp3) is 0.0870. The molecule has 2 aromatic carbocycles. The standard InChI is InChI=1S/C23H18N4O4S/c1-16-5-2-3-6-18(16)13-21-22(28)26(15-20-7-4-12-31-20)23(32-21)25-24-14-17-8-10-19(11-9-17)27(29)30/h2-14H,15H2,1H3/b21-13-,24-14+,25-23-. The van der Waals surface area contributed by atoms with Crippen molar-refractivity contribution in [2.75, 3.05) is 0 Å². The molecule has 0 unspecified atom stereocenters. The van der Waals surface area contributed by atoms with Crippen LogP contribution in [0.25, 0.3) is 6.08 Å². The molecule has 0 saturated carbocycles. The Bertz CT molecular complexity index is 1230. The first-order chi connectivity index (χ1) is 15.5. The molecule has 1 saturated heterocycles. The highest BCUT2D eigenvalue weighted by atomic mass is 32.2. The van der Waals surface area contributed by atoms with Gasteiger partial charge in [-0.15, -0.1) is 5.10 Å². The monoisotopic (exact) mass is 446 g/mol. The van der Waals surface area contributed by atoms with Crippen molar-refractivity contribution < 1.29 is 14.1 Å². The number of thioether (sulfide) groups is 1. The number of hydrogen-bond acceptors (Lipinski definition) is 7. The van der Waals surface area contributed by atoms with Gasteiger partial charge in [0, 0.05) is 12.1 Å². The van der Waals surface area contributed by atoms with Gasteiger partial charge in [-0.25, -0.2) is 0 Å². The van der Waals surface area contributed by atoms with Gasteiger partial charge in [0.2, 0.25) is 0 Å². The molecule has 4 rings (SSSR count). The third kappa shape index (κ3) is 4.84. The van der Waals surface area contributed by atoms with Crippen molar-refractivity contribution in [3.05, 3.63) is 104 Å². The molecule has 32 heavy (non-hydrogen) atoms. The van der Waals surface area contributed by atoms with Gasteiger partial charge in [-0.05, 0) is 65.7 Å². The van der Waals surface area contributed by atoms with Crippen LogP contribution >= 0.6 is 11.8 Å². The number of rotatable bonds is 6. The summed E-state index contributed by atoms with van der Waals surface area (Å²) < 4.78 is 5.40. The first-order valence-electron chi connectivity index (χ1n) is 9.66. The maximum absolute atomic E-state index is 13.1. The Kier molecular flexibility index (Phi) is 6.27. The Morgan fingerprint density at radius 3 is 2.59 bits per heavy atom. The number of carbonyl (C=O) groups excluding carboxylic acids is 1. The van der Waals surface area contributed by atoms with Gasteiger partial charge < -0.3 is 4.42 Å². The number of amides is 1. The second-order valence-electron chi connectivity index (χ2n) is 6.91. The van der Waals surface area contributed by atoms with Crippen LogP contribution < -0.4 is 0 Å². The number of furan rings is 1. The fourth-order valence-electron chi connectivity index (χ4n) is 3.00. The highest BCUT2D eigenvalue weighted by molar-refractivity contribution is 8.18. The van der Waals surface area contributed by atoms with E-state index in [0.29, 0.717) is 21.4 Å². The summed E-state index contributed by atoms with van der Waals surface area (Å²) in [5.41, 5.74) is 2.67. The number of nitro benzene ring substituents is 1. The third-order valence-electron chi connectivity index (χ3n) is 4.71. The van der Waals surface area contributed by atoms with Crippen molar-refractivity contribution in [3.63, 3.8) is 0 Å². The minimum Gasteiger partial charge on any atom is -0.467 e. The quantitative estimate of drug-likeness (QED) is 0.229. The molecule has 0 aliphatic carbocycles. The Balaban J connectivity index is 1.60. The van der Waals surface area contributed by atoms with Gasteiger partial charge in [-0.1, -0.05) is 24.3 Å². The molecular formula is C23H18N4O4S. The van der Waals surface area contributed by atoms with Crippen molar-refractivity contribution in [2.45, 2.75) is 13.5 Å². The van der Waals surface area contributed by atoms with Crippen LogP contribution in [-0.4, -0.2) is 27.1 Å². The highest BCUT2D eigenvalue weighted by Gasteiger charge is 2.34. The number of nitrogens with zero attached hydrogens (tertiary/aromatic N) is 4. The summed E-state index contributed by atoms with van der Waals surface area (Å²) in [5, 5.41) is 19.5. The van der Waals surface area contributed by atoms with E-state index >= 15 is 0 Å². The molecule has 1 aliphatic heterocycles. The van der Waals surface area contributed by atoms with Gasteiger partial charge in [-0.2, -0.15) is 5.10 Å². The Morgan fingerprint density at radius 2 is 1.91 bits per heavy atom. The zero-order valence-electron chi connectivity index (χ0n) is 17.0. The van der Waals surface area contributed by atoms with E-state index in [1.165, 1.54) is 35.0 Å². The summed E-state index contributed by atoms with van der Waals surface area (Å²) in [5.74, 6) is 0.446.